The van der Waals surface area contributed by atoms with Gasteiger partial charge in [-0.25, -0.2) is 0 Å². The molecule has 28 heavy (non-hydrogen) atoms. The smallest absolute Gasteiger partial charge is 0.123 e. The summed E-state index contributed by atoms with van der Waals surface area (Å²) in [7, 11) is 0. The number of aryl methyl sites for hydroxylation is 3. The van der Waals surface area contributed by atoms with Crippen molar-refractivity contribution in [2.45, 2.75) is 20.8 Å². The first kappa shape index (κ1) is 18.2. The van der Waals surface area contributed by atoms with Crippen molar-refractivity contribution in [2.75, 3.05) is 13.2 Å². The van der Waals surface area contributed by atoms with Crippen LogP contribution in [0.2, 0.25) is 0 Å². The molecule has 0 aliphatic carbocycles. The summed E-state index contributed by atoms with van der Waals surface area (Å²) in [4.78, 5) is 3.51. The molecule has 0 radical (unpaired) electrons. The van der Waals surface area contributed by atoms with Gasteiger partial charge in [-0.1, -0.05) is 42.5 Å². The topological polar surface area (TPSA) is 34.2 Å². The van der Waals surface area contributed by atoms with Crippen molar-refractivity contribution >= 4 is 10.9 Å². The van der Waals surface area contributed by atoms with Crippen LogP contribution in [0.3, 0.4) is 0 Å². The summed E-state index contributed by atoms with van der Waals surface area (Å²) in [6.45, 7) is 7.24. The monoisotopic (exact) mass is 371 g/mol. The Kier molecular flexibility index (Phi) is 5.07. The molecule has 142 valence electrons. The highest BCUT2D eigenvalue weighted by Gasteiger charge is 2.08. The lowest BCUT2D eigenvalue weighted by Crippen LogP contribution is -2.10. The fourth-order valence-corrected chi connectivity index (χ4v) is 3.34. The van der Waals surface area contributed by atoms with E-state index in [0.717, 1.165) is 39.4 Å². The number of nitrogens with one attached hydrogen (secondary N) is 1. The van der Waals surface area contributed by atoms with E-state index in [0.29, 0.717) is 13.2 Å². The molecular formula is C25H25NO2. The van der Waals surface area contributed by atoms with Crippen molar-refractivity contribution in [3.8, 4) is 22.8 Å². The highest BCUT2D eigenvalue weighted by molar-refractivity contribution is 5.86. The molecule has 0 unspecified atom stereocenters. The van der Waals surface area contributed by atoms with Crippen molar-refractivity contribution in [3.05, 3.63) is 83.4 Å². The minimum Gasteiger partial charge on any atom is -0.490 e. The van der Waals surface area contributed by atoms with Crippen molar-refractivity contribution in [1.29, 1.82) is 0 Å². The molecule has 0 fully saturated rings. The number of hydrogen-bond acceptors (Lipinski definition) is 2. The van der Waals surface area contributed by atoms with E-state index in [4.69, 9.17) is 9.47 Å². The maximum atomic E-state index is 6.01. The van der Waals surface area contributed by atoms with Gasteiger partial charge >= 0.3 is 0 Å². The summed E-state index contributed by atoms with van der Waals surface area (Å²) in [6, 6.07) is 23.0. The number of aromatic nitrogens is 1. The van der Waals surface area contributed by atoms with Crippen LogP contribution in [0, 0.1) is 20.8 Å². The molecule has 1 N–H and O–H groups in total. The van der Waals surface area contributed by atoms with E-state index in [2.05, 4.69) is 61.3 Å². The number of rotatable bonds is 6. The Morgan fingerprint density at radius 2 is 1.46 bits per heavy atom. The Balaban J connectivity index is 1.46. The third-order valence-corrected chi connectivity index (χ3v) is 4.97. The minimum atomic E-state index is 0.504. The molecule has 3 nitrogen and oxygen atoms in total. The lowest BCUT2D eigenvalue weighted by molar-refractivity contribution is 0.215. The fourth-order valence-electron chi connectivity index (χ4n) is 3.34. The molecule has 0 amide bonds. The van der Waals surface area contributed by atoms with Crippen molar-refractivity contribution in [1.82, 2.24) is 4.98 Å². The van der Waals surface area contributed by atoms with E-state index in [-0.39, 0.29) is 0 Å². The van der Waals surface area contributed by atoms with Gasteiger partial charge in [0.15, 0.2) is 0 Å². The molecule has 0 aliphatic heterocycles. The number of hydrogen-bond donors (Lipinski definition) is 1. The predicted octanol–water partition coefficient (Wildman–Crippen LogP) is 6.22. The van der Waals surface area contributed by atoms with Crippen molar-refractivity contribution in [3.63, 3.8) is 0 Å². The predicted molar refractivity (Wildman–Crippen MR) is 115 cm³/mol. The number of ether oxygens (including phenoxy) is 2. The second-order valence-corrected chi connectivity index (χ2v) is 7.22. The van der Waals surface area contributed by atoms with Gasteiger partial charge < -0.3 is 14.5 Å². The van der Waals surface area contributed by atoms with Gasteiger partial charge in [-0.3, -0.25) is 0 Å². The second kappa shape index (κ2) is 7.81. The lowest BCUT2D eigenvalue weighted by Gasteiger charge is -2.12. The van der Waals surface area contributed by atoms with Crippen LogP contribution in [0.1, 0.15) is 16.7 Å². The lowest BCUT2D eigenvalue weighted by atomic mass is 10.1. The number of benzene rings is 3. The van der Waals surface area contributed by atoms with E-state index in [9.17, 15) is 0 Å². The number of fused-ring (bicyclic) bond motifs is 1. The summed E-state index contributed by atoms with van der Waals surface area (Å²) < 4.78 is 11.8. The van der Waals surface area contributed by atoms with Crippen molar-refractivity contribution in [2.24, 2.45) is 0 Å². The van der Waals surface area contributed by atoms with E-state index in [1.54, 1.807) is 0 Å². The molecule has 0 saturated heterocycles. The molecule has 1 heterocycles. The average molecular weight is 371 g/mol. The van der Waals surface area contributed by atoms with Crippen LogP contribution in [-0.4, -0.2) is 18.2 Å². The molecule has 0 bridgehead atoms. The maximum Gasteiger partial charge on any atom is 0.123 e. The Bertz CT molecular complexity index is 1110. The van der Waals surface area contributed by atoms with E-state index in [1.165, 1.54) is 10.9 Å². The van der Waals surface area contributed by atoms with Gasteiger partial charge in [0.1, 0.15) is 24.7 Å². The summed E-state index contributed by atoms with van der Waals surface area (Å²) >= 11 is 0. The molecule has 1 aromatic heterocycles. The number of para-hydroxylation sites is 1. The Morgan fingerprint density at radius 3 is 2.29 bits per heavy atom. The summed E-state index contributed by atoms with van der Waals surface area (Å²) in [5.41, 5.74) is 6.88. The second-order valence-electron chi connectivity index (χ2n) is 7.22. The standard InChI is InChI=1S/C25H25NO2/c1-17-8-10-20-15-23(26-22(20)14-17)21-11-9-19(3)25(16-21)28-13-12-27-24-7-5-4-6-18(24)2/h4-11,14-16,26H,12-13H2,1-3H3. The zero-order valence-corrected chi connectivity index (χ0v) is 16.6. The van der Waals surface area contributed by atoms with Crippen LogP contribution < -0.4 is 9.47 Å². The summed E-state index contributed by atoms with van der Waals surface area (Å²) in [5.74, 6) is 1.80. The van der Waals surface area contributed by atoms with Gasteiger partial charge in [-0.05, 0) is 61.7 Å². The minimum absolute atomic E-state index is 0.504. The Labute approximate surface area is 165 Å². The third kappa shape index (κ3) is 3.89. The van der Waals surface area contributed by atoms with Gasteiger partial charge in [0.2, 0.25) is 0 Å². The molecule has 0 atom stereocenters. The number of H-pyrrole nitrogens is 1. The highest BCUT2D eigenvalue weighted by atomic mass is 16.5. The van der Waals surface area contributed by atoms with Crippen LogP contribution in [0.25, 0.3) is 22.2 Å². The van der Waals surface area contributed by atoms with Crippen LogP contribution in [0.5, 0.6) is 11.5 Å². The quantitative estimate of drug-likeness (QED) is 0.408. The molecule has 4 rings (SSSR count). The van der Waals surface area contributed by atoms with Crippen LogP contribution >= 0.6 is 0 Å². The molecule has 0 saturated carbocycles. The number of aromatic amines is 1. The fraction of sp³-hybridized carbons (Fsp3) is 0.200. The third-order valence-electron chi connectivity index (χ3n) is 4.97. The molecule has 0 spiro atoms. The SMILES string of the molecule is Cc1ccc2cc(-c3ccc(C)c(OCCOc4ccccc4C)c3)[nH]c2c1. The van der Waals surface area contributed by atoms with Crippen LogP contribution in [-0.2, 0) is 0 Å². The largest absolute Gasteiger partial charge is 0.490 e. The maximum absolute atomic E-state index is 6.01. The van der Waals surface area contributed by atoms with E-state index < -0.39 is 0 Å². The van der Waals surface area contributed by atoms with Gasteiger partial charge in [-0.15, -0.1) is 0 Å². The first-order valence-corrected chi connectivity index (χ1v) is 9.62. The van der Waals surface area contributed by atoms with Gasteiger partial charge in [0.25, 0.3) is 0 Å². The zero-order chi connectivity index (χ0) is 19.5. The Morgan fingerprint density at radius 1 is 0.714 bits per heavy atom. The van der Waals surface area contributed by atoms with Gasteiger partial charge in [0, 0.05) is 22.2 Å². The molecule has 3 heteroatoms. The zero-order valence-electron chi connectivity index (χ0n) is 16.6. The Hall–Kier alpha value is -3.20. The summed E-state index contributed by atoms with van der Waals surface area (Å²) in [5, 5.41) is 1.22. The molecular weight excluding hydrogens is 346 g/mol. The first-order chi connectivity index (χ1) is 13.6. The van der Waals surface area contributed by atoms with E-state index >= 15 is 0 Å². The average Bonchev–Trinajstić information content (AvgIpc) is 3.11. The molecule has 3 aromatic carbocycles. The molecule has 4 aromatic rings. The van der Waals surface area contributed by atoms with Crippen LogP contribution in [0.4, 0.5) is 0 Å². The van der Waals surface area contributed by atoms with Gasteiger partial charge in [-0.2, -0.15) is 0 Å². The highest BCUT2D eigenvalue weighted by Crippen LogP contribution is 2.29. The van der Waals surface area contributed by atoms with Crippen LogP contribution in [0.15, 0.2) is 66.7 Å². The summed E-state index contributed by atoms with van der Waals surface area (Å²) in [6.07, 6.45) is 0. The van der Waals surface area contributed by atoms with E-state index in [1.807, 2.05) is 31.2 Å². The molecule has 0 aliphatic rings. The van der Waals surface area contributed by atoms with Gasteiger partial charge in [0.05, 0.1) is 0 Å². The first-order valence-electron chi connectivity index (χ1n) is 9.62. The normalized spacial score (nSPS) is 11.0. The van der Waals surface area contributed by atoms with Crippen molar-refractivity contribution < 1.29 is 9.47 Å².